The molecule has 49 heavy (non-hydrogen) atoms. The fourth-order valence-electron chi connectivity index (χ4n) is 4.07. The number of carboxylic acids is 2. The minimum Gasteiger partial charge on any atom is -0.872 e. The molecule has 2 unspecified atom stereocenters. The van der Waals surface area contributed by atoms with Crippen LogP contribution in [0.4, 0.5) is 0 Å². The molecule has 0 aromatic heterocycles. The topological polar surface area (TPSA) is 207 Å². The zero-order chi connectivity index (χ0) is 35.8. The molecule has 12 nitrogen and oxygen atoms in total. The van der Waals surface area contributed by atoms with Crippen LogP contribution in [0.2, 0.25) is 0 Å². The minimum atomic E-state index is -3.55. The zero-order valence-electron chi connectivity index (χ0n) is 27.2. The summed E-state index contributed by atoms with van der Waals surface area (Å²) < 4.78 is 60.5. The first kappa shape index (κ1) is 40.7. The van der Waals surface area contributed by atoms with E-state index in [1.807, 2.05) is 13.8 Å². The quantitative estimate of drug-likeness (QED) is 0.196. The van der Waals surface area contributed by atoms with Gasteiger partial charge in [-0.05, 0) is 88.4 Å². The number of ether oxygens (including phenoxy) is 2. The molecule has 0 fully saturated rings. The van der Waals surface area contributed by atoms with E-state index in [0.29, 0.717) is 0 Å². The molecule has 256 valence electrons. The van der Waals surface area contributed by atoms with Gasteiger partial charge in [0.15, 0.2) is 19.7 Å². The van der Waals surface area contributed by atoms with Crippen LogP contribution in [-0.4, -0.2) is 62.7 Å². The molecule has 0 saturated heterocycles. The molecule has 0 spiro atoms. The Labute approximate surface area is 297 Å². The number of benzene rings is 4. The maximum atomic E-state index is 12.5. The van der Waals surface area contributed by atoms with Crippen molar-refractivity contribution in [1.29, 1.82) is 0 Å². The van der Waals surface area contributed by atoms with Crippen LogP contribution >= 0.6 is 0 Å². The first-order valence-electron chi connectivity index (χ1n) is 14.4. The van der Waals surface area contributed by atoms with Gasteiger partial charge >= 0.3 is 31.4 Å². The van der Waals surface area contributed by atoms with Crippen molar-refractivity contribution in [2.75, 3.05) is 13.2 Å². The number of hydrogen-bond acceptors (Lipinski definition) is 10. The van der Waals surface area contributed by atoms with Gasteiger partial charge in [-0.3, -0.25) is 0 Å². The first-order chi connectivity index (χ1) is 22.4. The summed E-state index contributed by atoms with van der Waals surface area (Å²) in [6.45, 7) is 6.45. The van der Waals surface area contributed by atoms with Crippen molar-refractivity contribution in [3.05, 3.63) is 107 Å². The molecule has 4 rings (SSSR count). The minimum absolute atomic E-state index is 0. The predicted octanol–water partition coefficient (Wildman–Crippen LogP) is 4.01. The third-order valence-corrected chi connectivity index (χ3v) is 11.3. The van der Waals surface area contributed by atoms with Crippen molar-refractivity contribution < 1.29 is 75.8 Å². The Hall–Kier alpha value is -4.46. The number of hydrogen-bond donors (Lipinski definition) is 2. The molecule has 0 bridgehead atoms. The van der Waals surface area contributed by atoms with E-state index in [1.165, 1.54) is 26.0 Å². The van der Waals surface area contributed by atoms with E-state index in [4.69, 9.17) is 19.7 Å². The van der Waals surface area contributed by atoms with Gasteiger partial charge in [-0.25, -0.2) is 26.4 Å². The molecule has 0 heterocycles. The fourth-order valence-corrected chi connectivity index (χ4v) is 6.52. The largest absolute Gasteiger partial charge is 2.00 e. The maximum absolute atomic E-state index is 12.5. The van der Waals surface area contributed by atoms with E-state index in [1.54, 1.807) is 48.5 Å². The molecule has 15 heteroatoms. The molecule has 0 amide bonds. The third-order valence-electron chi connectivity index (χ3n) is 7.09. The van der Waals surface area contributed by atoms with Crippen LogP contribution in [0.1, 0.15) is 45.7 Å². The summed E-state index contributed by atoms with van der Waals surface area (Å²) in [7, 11) is -7.11. The molecular formula is C34H34O12S2Zn. The van der Waals surface area contributed by atoms with Gasteiger partial charge in [-0.2, -0.15) is 0 Å². The van der Waals surface area contributed by atoms with E-state index in [9.17, 15) is 36.6 Å². The SMILES string of the molecule is Cc1ccc(S(=O)(=O)C(C)COc2ccc(C(=O)O)c([O-])c2)cc1.Cc1ccc(S(=O)(=O)C(C)COc2ccc(C(=O)O)c([O-])c2)cc1.[Zn+2]. The normalized spacial score (nSPS) is 12.3. The second kappa shape index (κ2) is 17.3. The van der Waals surface area contributed by atoms with Crippen LogP contribution < -0.4 is 19.7 Å². The summed E-state index contributed by atoms with van der Waals surface area (Å²) >= 11 is 0. The maximum Gasteiger partial charge on any atom is 2.00 e. The molecule has 0 saturated carbocycles. The Kier molecular flexibility index (Phi) is 14.4. The standard InChI is InChI=1S/2C17H18O6S.Zn/c2*1-11-3-6-14(7-4-11)24(21,22)12(2)10-23-13-5-8-15(17(19)20)16(18)9-13;/h2*3-9,12,18H,10H2,1-2H3,(H,19,20);/q;;+2/p-2. The number of aromatic carboxylic acids is 2. The van der Waals surface area contributed by atoms with Gasteiger partial charge in [0.2, 0.25) is 0 Å². The van der Waals surface area contributed by atoms with Crippen molar-refractivity contribution in [2.24, 2.45) is 0 Å². The van der Waals surface area contributed by atoms with Gasteiger partial charge in [0.05, 0.1) is 31.4 Å². The van der Waals surface area contributed by atoms with Crippen molar-refractivity contribution >= 4 is 31.6 Å². The van der Waals surface area contributed by atoms with Crippen molar-refractivity contribution in [2.45, 2.75) is 48.0 Å². The van der Waals surface area contributed by atoms with Gasteiger partial charge in [-0.1, -0.05) is 46.9 Å². The average molecular weight is 764 g/mol. The smallest absolute Gasteiger partial charge is 0.872 e. The molecule has 0 aliphatic carbocycles. The van der Waals surface area contributed by atoms with Crippen LogP contribution in [-0.2, 0) is 39.2 Å². The summed E-state index contributed by atoms with van der Waals surface area (Å²) in [5.41, 5.74) is 1.20. The molecule has 2 atom stereocenters. The van der Waals surface area contributed by atoms with Crippen molar-refractivity contribution in [3.63, 3.8) is 0 Å². The Balaban J connectivity index is 0.000000333. The van der Waals surface area contributed by atoms with Crippen molar-refractivity contribution in [1.82, 2.24) is 0 Å². The Morgan fingerprint density at radius 1 is 0.612 bits per heavy atom. The van der Waals surface area contributed by atoms with E-state index < -0.39 is 53.6 Å². The predicted molar refractivity (Wildman–Crippen MR) is 172 cm³/mol. The monoisotopic (exact) mass is 762 g/mol. The Bertz CT molecular complexity index is 1830. The summed E-state index contributed by atoms with van der Waals surface area (Å²) in [6.07, 6.45) is 0. The molecule has 0 aliphatic rings. The second-order valence-corrected chi connectivity index (χ2v) is 15.6. The van der Waals surface area contributed by atoms with Gasteiger partial charge in [0, 0.05) is 0 Å². The number of rotatable bonds is 12. The van der Waals surface area contributed by atoms with E-state index in [0.717, 1.165) is 35.4 Å². The van der Waals surface area contributed by atoms with Gasteiger partial charge in [0.1, 0.15) is 24.7 Å². The van der Waals surface area contributed by atoms with Crippen LogP contribution in [0.3, 0.4) is 0 Å². The van der Waals surface area contributed by atoms with E-state index in [2.05, 4.69) is 0 Å². The summed E-state index contributed by atoms with van der Waals surface area (Å²) in [4.78, 5) is 22.0. The molecule has 4 aromatic rings. The number of carboxylic acid groups (broad SMARTS) is 2. The van der Waals surface area contributed by atoms with Crippen molar-refractivity contribution in [3.8, 4) is 23.0 Å². The third kappa shape index (κ3) is 10.8. The van der Waals surface area contributed by atoms with Crippen LogP contribution in [0, 0.1) is 13.8 Å². The zero-order valence-corrected chi connectivity index (χ0v) is 31.8. The first-order valence-corrected chi connectivity index (χ1v) is 17.5. The molecule has 2 N–H and O–H groups in total. The summed E-state index contributed by atoms with van der Waals surface area (Å²) in [5, 5.41) is 39.2. The Morgan fingerprint density at radius 3 is 1.18 bits per heavy atom. The second-order valence-electron chi connectivity index (χ2n) is 10.9. The van der Waals surface area contributed by atoms with E-state index in [-0.39, 0.29) is 65.1 Å². The molecular weight excluding hydrogens is 730 g/mol. The molecule has 4 aromatic carbocycles. The average Bonchev–Trinajstić information content (AvgIpc) is 3.02. The van der Waals surface area contributed by atoms with Crippen LogP contribution in [0.5, 0.6) is 23.0 Å². The Morgan fingerprint density at radius 2 is 0.918 bits per heavy atom. The van der Waals surface area contributed by atoms with Crippen LogP contribution in [0.15, 0.2) is 94.7 Å². The van der Waals surface area contributed by atoms with Gasteiger partial charge in [0.25, 0.3) is 0 Å². The number of sulfone groups is 2. The molecule has 0 aliphatic heterocycles. The molecule has 0 radical (unpaired) electrons. The number of carbonyl (C=O) groups is 2. The summed E-state index contributed by atoms with van der Waals surface area (Å²) in [6, 6.07) is 20.0. The van der Waals surface area contributed by atoms with E-state index >= 15 is 0 Å². The van der Waals surface area contributed by atoms with Crippen LogP contribution in [0.25, 0.3) is 0 Å². The summed E-state index contributed by atoms with van der Waals surface area (Å²) in [5.74, 6) is -3.74. The number of aryl methyl sites for hydroxylation is 2. The fraction of sp³-hybridized carbons (Fsp3) is 0.235. The van der Waals surface area contributed by atoms with Gasteiger partial charge < -0.3 is 29.9 Å². The van der Waals surface area contributed by atoms with Gasteiger partial charge in [-0.15, -0.1) is 0 Å².